The standard InChI is InChI=1S/C15H19N3O2S2/c1-2-16-15-17-14(11-21-15)12-5-7-13(8-6-12)22(19,20)18-9-3-4-10-18/h5-8,11H,2-4,9-10H2,1H3,(H,16,17). The van der Waals surface area contributed by atoms with E-state index in [-0.39, 0.29) is 0 Å². The first-order valence-corrected chi connectivity index (χ1v) is 9.73. The SMILES string of the molecule is CCNc1nc(-c2ccc(S(=O)(=O)N3CCCC3)cc2)cs1. The zero-order valence-corrected chi connectivity index (χ0v) is 14.1. The van der Waals surface area contributed by atoms with Gasteiger partial charge in [0.1, 0.15) is 0 Å². The van der Waals surface area contributed by atoms with Gasteiger partial charge >= 0.3 is 0 Å². The van der Waals surface area contributed by atoms with Crippen molar-refractivity contribution in [3.8, 4) is 11.3 Å². The van der Waals surface area contributed by atoms with Crippen molar-refractivity contribution in [3.63, 3.8) is 0 Å². The molecular weight excluding hydrogens is 318 g/mol. The van der Waals surface area contributed by atoms with E-state index in [0.29, 0.717) is 18.0 Å². The van der Waals surface area contributed by atoms with Crippen molar-refractivity contribution in [1.82, 2.24) is 9.29 Å². The Labute approximate surface area is 135 Å². The molecular formula is C15H19N3O2S2. The van der Waals surface area contributed by atoms with Gasteiger partial charge in [0.05, 0.1) is 10.6 Å². The van der Waals surface area contributed by atoms with E-state index in [1.807, 2.05) is 24.4 Å². The summed E-state index contributed by atoms with van der Waals surface area (Å²) < 4.78 is 26.5. The van der Waals surface area contributed by atoms with E-state index >= 15 is 0 Å². The highest BCUT2D eigenvalue weighted by Gasteiger charge is 2.26. The largest absolute Gasteiger partial charge is 0.362 e. The van der Waals surface area contributed by atoms with Gasteiger partial charge in [0, 0.05) is 30.6 Å². The van der Waals surface area contributed by atoms with Crippen molar-refractivity contribution in [2.45, 2.75) is 24.7 Å². The highest BCUT2D eigenvalue weighted by molar-refractivity contribution is 7.89. The molecule has 1 aromatic carbocycles. The zero-order chi connectivity index (χ0) is 15.6. The minimum Gasteiger partial charge on any atom is -0.362 e. The first-order chi connectivity index (χ1) is 10.6. The van der Waals surface area contributed by atoms with Gasteiger partial charge in [-0.05, 0) is 31.9 Å². The summed E-state index contributed by atoms with van der Waals surface area (Å²) in [6.45, 7) is 4.11. The molecule has 1 aromatic heterocycles. The van der Waals surface area contributed by atoms with Crippen molar-refractivity contribution < 1.29 is 8.42 Å². The van der Waals surface area contributed by atoms with Gasteiger partial charge in [0.25, 0.3) is 0 Å². The van der Waals surface area contributed by atoms with Gasteiger partial charge in [-0.25, -0.2) is 13.4 Å². The molecule has 0 spiro atoms. The fourth-order valence-electron chi connectivity index (χ4n) is 2.51. The number of sulfonamides is 1. The second-order valence-corrected chi connectivity index (χ2v) is 8.00. The number of thiazole rings is 1. The lowest BCUT2D eigenvalue weighted by Crippen LogP contribution is -2.27. The molecule has 0 saturated carbocycles. The van der Waals surface area contributed by atoms with Crippen LogP contribution in [0.25, 0.3) is 11.3 Å². The molecule has 0 amide bonds. The summed E-state index contributed by atoms with van der Waals surface area (Å²) in [7, 11) is -3.34. The van der Waals surface area contributed by atoms with Gasteiger partial charge in [-0.3, -0.25) is 0 Å². The Bertz CT molecular complexity index is 732. The number of nitrogens with one attached hydrogen (secondary N) is 1. The summed E-state index contributed by atoms with van der Waals surface area (Å²) >= 11 is 1.55. The predicted octanol–water partition coefficient (Wildman–Crippen LogP) is 3.03. The first kappa shape index (κ1) is 15.5. The molecule has 1 aliphatic heterocycles. The lowest BCUT2D eigenvalue weighted by Gasteiger charge is -2.15. The molecule has 1 saturated heterocycles. The van der Waals surface area contributed by atoms with Crippen molar-refractivity contribution in [1.29, 1.82) is 0 Å². The van der Waals surface area contributed by atoms with Gasteiger partial charge in [-0.2, -0.15) is 4.31 Å². The molecule has 1 N–H and O–H groups in total. The summed E-state index contributed by atoms with van der Waals surface area (Å²) in [5, 5.41) is 6.03. The molecule has 0 atom stereocenters. The maximum atomic E-state index is 12.5. The smallest absolute Gasteiger partial charge is 0.243 e. The number of aromatic nitrogens is 1. The van der Waals surface area contributed by atoms with Crippen LogP contribution in [0.2, 0.25) is 0 Å². The van der Waals surface area contributed by atoms with Crippen LogP contribution < -0.4 is 5.32 Å². The minimum absolute atomic E-state index is 0.361. The Morgan fingerprint density at radius 1 is 1.23 bits per heavy atom. The lowest BCUT2D eigenvalue weighted by atomic mass is 10.2. The van der Waals surface area contributed by atoms with E-state index in [4.69, 9.17) is 0 Å². The molecule has 0 aliphatic carbocycles. The summed E-state index contributed by atoms with van der Waals surface area (Å²) in [5.74, 6) is 0. The summed E-state index contributed by atoms with van der Waals surface area (Å²) in [5.41, 5.74) is 1.80. The van der Waals surface area contributed by atoms with Crippen molar-refractivity contribution >= 4 is 26.5 Å². The number of nitrogens with zero attached hydrogens (tertiary/aromatic N) is 2. The second kappa shape index (κ2) is 6.36. The third-order valence-corrected chi connectivity index (χ3v) is 6.40. The molecule has 7 heteroatoms. The maximum absolute atomic E-state index is 12.5. The van der Waals surface area contributed by atoms with Crippen molar-refractivity contribution in [2.75, 3.05) is 25.0 Å². The summed E-state index contributed by atoms with van der Waals surface area (Å²) in [4.78, 5) is 4.85. The Morgan fingerprint density at radius 3 is 2.55 bits per heavy atom. The third kappa shape index (κ3) is 3.02. The molecule has 118 valence electrons. The quantitative estimate of drug-likeness (QED) is 0.911. The fraction of sp³-hybridized carbons (Fsp3) is 0.400. The van der Waals surface area contributed by atoms with Crippen LogP contribution in [-0.2, 0) is 10.0 Å². The summed E-state index contributed by atoms with van der Waals surface area (Å²) in [6.07, 6.45) is 1.90. The van der Waals surface area contributed by atoms with Crippen LogP contribution in [0.5, 0.6) is 0 Å². The van der Waals surface area contributed by atoms with E-state index in [2.05, 4.69) is 10.3 Å². The molecule has 5 nitrogen and oxygen atoms in total. The van der Waals surface area contributed by atoms with Crippen LogP contribution in [0.1, 0.15) is 19.8 Å². The minimum atomic E-state index is -3.34. The van der Waals surface area contributed by atoms with E-state index < -0.39 is 10.0 Å². The predicted molar refractivity (Wildman–Crippen MR) is 89.7 cm³/mol. The molecule has 2 heterocycles. The summed E-state index contributed by atoms with van der Waals surface area (Å²) in [6, 6.07) is 7.01. The Kier molecular flexibility index (Phi) is 4.46. The van der Waals surface area contributed by atoms with Gasteiger partial charge < -0.3 is 5.32 Å². The Morgan fingerprint density at radius 2 is 1.91 bits per heavy atom. The van der Waals surface area contributed by atoms with E-state index in [1.165, 1.54) is 0 Å². The highest BCUT2D eigenvalue weighted by atomic mass is 32.2. The van der Waals surface area contributed by atoms with Gasteiger partial charge in [-0.1, -0.05) is 12.1 Å². The second-order valence-electron chi connectivity index (χ2n) is 5.20. The molecule has 0 bridgehead atoms. The molecule has 2 aromatic rings. The van der Waals surface area contributed by atoms with Crippen molar-refractivity contribution in [2.24, 2.45) is 0 Å². The molecule has 0 unspecified atom stereocenters. The number of anilines is 1. The molecule has 1 aliphatic rings. The monoisotopic (exact) mass is 337 g/mol. The topological polar surface area (TPSA) is 62.3 Å². The Hall–Kier alpha value is -1.44. The average molecular weight is 337 g/mol. The molecule has 3 rings (SSSR count). The van der Waals surface area contributed by atoms with E-state index in [9.17, 15) is 8.42 Å². The number of hydrogen-bond acceptors (Lipinski definition) is 5. The van der Waals surface area contributed by atoms with Crippen LogP contribution in [-0.4, -0.2) is 37.3 Å². The first-order valence-electron chi connectivity index (χ1n) is 7.41. The number of benzene rings is 1. The van der Waals surface area contributed by atoms with Crippen LogP contribution in [0, 0.1) is 0 Å². The number of rotatable bonds is 5. The molecule has 1 fully saturated rings. The molecule has 0 radical (unpaired) electrons. The van der Waals surface area contributed by atoms with Crippen molar-refractivity contribution in [3.05, 3.63) is 29.6 Å². The van der Waals surface area contributed by atoms with Gasteiger partial charge in [0.15, 0.2) is 5.13 Å². The fourth-order valence-corrected chi connectivity index (χ4v) is 4.82. The lowest BCUT2D eigenvalue weighted by molar-refractivity contribution is 0.477. The Balaban J connectivity index is 1.82. The van der Waals surface area contributed by atoms with Crippen LogP contribution in [0.15, 0.2) is 34.5 Å². The average Bonchev–Trinajstić information content (AvgIpc) is 3.20. The number of hydrogen-bond donors (Lipinski definition) is 1. The van der Waals surface area contributed by atoms with E-state index in [0.717, 1.165) is 35.8 Å². The van der Waals surface area contributed by atoms with Crippen LogP contribution in [0.3, 0.4) is 0 Å². The van der Waals surface area contributed by atoms with E-state index in [1.54, 1.807) is 27.8 Å². The zero-order valence-electron chi connectivity index (χ0n) is 12.4. The van der Waals surface area contributed by atoms with Crippen LogP contribution >= 0.6 is 11.3 Å². The van der Waals surface area contributed by atoms with Gasteiger partial charge in [-0.15, -0.1) is 11.3 Å². The molecule has 22 heavy (non-hydrogen) atoms. The maximum Gasteiger partial charge on any atom is 0.243 e. The van der Waals surface area contributed by atoms with Crippen LogP contribution in [0.4, 0.5) is 5.13 Å². The third-order valence-electron chi connectivity index (χ3n) is 3.69. The van der Waals surface area contributed by atoms with Gasteiger partial charge in [0.2, 0.25) is 10.0 Å². The normalized spacial score (nSPS) is 16.0. The highest BCUT2D eigenvalue weighted by Crippen LogP contribution is 2.27.